The van der Waals surface area contributed by atoms with Crippen molar-refractivity contribution >= 4 is 17.6 Å². The number of benzene rings is 1. The minimum Gasteiger partial charge on any atom is -0.478 e. The van der Waals surface area contributed by atoms with Crippen LogP contribution in [-0.4, -0.2) is 21.0 Å². The Balaban J connectivity index is 1.79. The van der Waals surface area contributed by atoms with Crippen molar-refractivity contribution < 1.29 is 9.90 Å². The minimum absolute atomic E-state index is 0.179. The van der Waals surface area contributed by atoms with E-state index in [9.17, 15) is 4.79 Å². The number of carbonyl (C=O) groups is 1. The lowest BCUT2D eigenvalue weighted by Crippen LogP contribution is -2.00. The number of pyridine rings is 2. The zero-order valence-electron chi connectivity index (χ0n) is 11.6. The molecule has 0 radical (unpaired) electrons. The Morgan fingerprint density at radius 1 is 0.909 bits per heavy atom. The average molecular weight is 291 g/mol. The molecule has 3 aromatic rings. The van der Waals surface area contributed by atoms with Crippen molar-refractivity contribution in [2.45, 2.75) is 0 Å². The number of anilines is 2. The zero-order chi connectivity index (χ0) is 15.4. The van der Waals surface area contributed by atoms with Gasteiger partial charge in [0.1, 0.15) is 11.6 Å². The van der Waals surface area contributed by atoms with E-state index in [-0.39, 0.29) is 5.56 Å². The molecule has 2 aromatic heterocycles. The molecular formula is C17H13N3O2. The van der Waals surface area contributed by atoms with E-state index >= 15 is 0 Å². The average Bonchev–Trinajstić information content (AvgIpc) is 2.56. The van der Waals surface area contributed by atoms with E-state index in [1.807, 2.05) is 42.5 Å². The van der Waals surface area contributed by atoms with Crippen LogP contribution in [0.5, 0.6) is 0 Å². The first-order valence-corrected chi connectivity index (χ1v) is 6.70. The maximum Gasteiger partial charge on any atom is 0.335 e. The van der Waals surface area contributed by atoms with Crippen LogP contribution >= 0.6 is 0 Å². The van der Waals surface area contributed by atoms with E-state index < -0.39 is 5.97 Å². The molecule has 0 atom stereocenters. The van der Waals surface area contributed by atoms with Crippen molar-refractivity contribution in [3.8, 4) is 11.1 Å². The van der Waals surface area contributed by atoms with Gasteiger partial charge in [0.2, 0.25) is 0 Å². The number of aromatic nitrogens is 2. The topological polar surface area (TPSA) is 75.1 Å². The van der Waals surface area contributed by atoms with Gasteiger partial charge in [-0.15, -0.1) is 0 Å². The predicted octanol–water partition coefficient (Wildman–Crippen LogP) is 3.59. The van der Waals surface area contributed by atoms with Gasteiger partial charge in [-0.1, -0.05) is 30.3 Å². The fourth-order valence-corrected chi connectivity index (χ4v) is 2.03. The van der Waals surface area contributed by atoms with Gasteiger partial charge in [0.25, 0.3) is 0 Å². The number of nitrogens with one attached hydrogen (secondary N) is 1. The molecule has 0 aliphatic heterocycles. The molecule has 108 valence electrons. The minimum atomic E-state index is -0.988. The first-order valence-electron chi connectivity index (χ1n) is 6.70. The van der Waals surface area contributed by atoms with E-state index in [1.54, 1.807) is 6.20 Å². The molecule has 5 heteroatoms. The third kappa shape index (κ3) is 3.09. The molecule has 0 aliphatic rings. The molecule has 0 spiro atoms. The van der Waals surface area contributed by atoms with Crippen LogP contribution in [0.1, 0.15) is 10.4 Å². The van der Waals surface area contributed by atoms with Gasteiger partial charge >= 0.3 is 5.97 Å². The fraction of sp³-hybridized carbons (Fsp3) is 0. The molecule has 1 aromatic carbocycles. The number of carboxylic acids is 1. The highest BCUT2D eigenvalue weighted by Gasteiger charge is 2.05. The second kappa shape index (κ2) is 6.05. The van der Waals surface area contributed by atoms with Crippen molar-refractivity contribution in [3.63, 3.8) is 0 Å². The highest BCUT2D eigenvalue weighted by atomic mass is 16.4. The molecule has 2 N–H and O–H groups in total. The van der Waals surface area contributed by atoms with Gasteiger partial charge < -0.3 is 10.4 Å². The summed E-state index contributed by atoms with van der Waals surface area (Å²) in [7, 11) is 0. The van der Waals surface area contributed by atoms with Gasteiger partial charge in [0.05, 0.1) is 5.56 Å². The smallest absolute Gasteiger partial charge is 0.335 e. The van der Waals surface area contributed by atoms with Crippen LogP contribution in [0.4, 0.5) is 11.6 Å². The van der Waals surface area contributed by atoms with Gasteiger partial charge in [-0.05, 0) is 29.8 Å². The Bertz CT molecular complexity index is 787. The van der Waals surface area contributed by atoms with Gasteiger partial charge in [0.15, 0.2) is 0 Å². The first-order chi connectivity index (χ1) is 10.7. The third-order valence-electron chi connectivity index (χ3n) is 3.13. The lowest BCUT2D eigenvalue weighted by molar-refractivity contribution is 0.0697. The Kier molecular flexibility index (Phi) is 3.78. The van der Waals surface area contributed by atoms with E-state index in [0.29, 0.717) is 11.6 Å². The van der Waals surface area contributed by atoms with Crippen LogP contribution < -0.4 is 5.32 Å². The Morgan fingerprint density at radius 3 is 2.41 bits per heavy atom. The second-order valence-corrected chi connectivity index (χ2v) is 4.66. The van der Waals surface area contributed by atoms with E-state index in [4.69, 9.17) is 5.11 Å². The Morgan fingerprint density at radius 2 is 1.73 bits per heavy atom. The highest BCUT2D eigenvalue weighted by Crippen LogP contribution is 2.20. The monoisotopic (exact) mass is 291 g/mol. The number of hydrogen-bond acceptors (Lipinski definition) is 4. The van der Waals surface area contributed by atoms with Gasteiger partial charge in [-0.3, -0.25) is 0 Å². The zero-order valence-corrected chi connectivity index (χ0v) is 11.6. The number of hydrogen-bond donors (Lipinski definition) is 2. The Labute approximate surface area is 127 Å². The molecule has 0 amide bonds. The SMILES string of the molecule is O=C(O)c1ccnc(Nc2ccc(-c3ccccc3)cn2)c1. The number of rotatable bonds is 4. The summed E-state index contributed by atoms with van der Waals surface area (Å²) < 4.78 is 0. The van der Waals surface area contributed by atoms with Crippen LogP contribution in [0, 0.1) is 0 Å². The number of carboxylic acid groups (broad SMARTS) is 1. The summed E-state index contributed by atoms with van der Waals surface area (Å²) in [6.07, 6.45) is 3.21. The van der Waals surface area contributed by atoms with Crippen LogP contribution in [-0.2, 0) is 0 Å². The summed E-state index contributed by atoms with van der Waals surface area (Å²) in [5, 5.41) is 12.0. The van der Waals surface area contributed by atoms with Gasteiger partial charge in [-0.2, -0.15) is 0 Å². The van der Waals surface area contributed by atoms with Crippen molar-refractivity contribution in [2.24, 2.45) is 0 Å². The summed E-state index contributed by atoms with van der Waals surface area (Å²) in [6.45, 7) is 0. The third-order valence-corrected chi connectivity index (χ3v) is 3.13. The molecule has 0 fully saturated rings. The number of nitrogens with zero attached hydrogens (tertiary/aromatic N) is 2. The van der Waals surface area contributed by atoms with Crippen molar-refractivity contribution in [2.75, 3.05) is 5.32 Å². The molecule has 3 rings (SSSR count). The molecule has 0 bridgehead atoms. The molecule has 0 unspecified atom stereocenters. The lowest BCUT2D eigenvalue weighted by Gasteiger charge is -2.06. The van der Waals surface area contributed by atoms with Crippen LogP contribution in [0.2, 0.25) is 0 Å². The van der Waals surface area contributed by atoms with Crippen LogP contribution in [0.3, 0.4) is 0 Å². The van der Waals surface area contributed by atoms with Gasteiger partial charge in [0, 0.05) is 18.0 Å². The summed E-state index contributed by atoms with van der Waals surface area (Å²) >= 11 is 0. The summed E-state index contributed by atoms with van der Waals surface area (Å²) in [6, 6.07) is 16.6. The fourth-order valence-electron chi connectivity index (χ4n) is 2.03. The van der Waals surface area contributed by atoms with Gasteiger partial charge in [-0.25, -0.2) is 14.8 Å². The maximum atomic E-state index is 10.9. The molecule has 22 heavy (non-hydrogen) atoms. The summed E-state index contributed by atoms with van der Waals surface area (Å²) in [5.41, 5.74) is 2.28. The molecule has 0 saturated carbocycles. The molecule has 2 heterocycles. The quantitative estimate of drug-likeness (QED) is 0.768. The van der Waals surface area contributed by atoms with Crippen LogP contribution in [0.15, 0.2) is 67.0 Å². The summed E-state index contributed by atoms with van der Waals surface area (Å²) in [4.78, 5) is 19.3. The second-order valence-electron chi connectivity index (χ2n) is 4.66. The van der Waals surface area contributed by atoms with Crippen LogP contribution in [0.25, 0.3) is 11.1 Å². The predicted molar refractivity (Wildman–Crippen MR) is 84.2 cm³/mol. The normalized spacial score (nSPS) is 10.2. The van der Waals surface area contributed by atoms with Crippen molar-refractivity contribution in [1.82, 2.24) is 9.97 Å². The Hall–Kier alpha value is -3.21. The maximum absolute atomic E-state index is 10.9. The lowest BCUT2D eigenvalue weighted by atomic mass is 10.1. The molecule has 5 nitrogen and oxygen atoms in total. The first kappa shape index (κ1) is 13.8. The van der Waals surface area contributed by atoms with E-state index in [2.05, 4.69) is 15.3 Å². The largest absolute Gasteiger partial charge is 0.478 e. The standard InChI is InChI=1S/C17H13N3O2/c21-17(22)13-8-9-18-16(10-13)20-15-7-6-14(11-19-15)12-4-2-1-3-5-12/h1-11H,(H,21,22)(H,18,19,20). The van der Waals surface area contributed by atoms with Crippen molar-refractivity contribution in [3.05, 3.63) is 72.6 Å². The number of aromatic carboxylic acids is 1. The molecule has 0 aliphatic carbocycles. The van der Waals surface area contributed by atoms with E-state index in [1.165, 1.54) is 18.3 Å². The highest BCUT2D eigenvalue weighted by molar-refractivity contribution is 5.88. The summed E-state index contributed by atoms with van der Waals surface area (Å²) in [5.74, 6) is 0.0624. The van der Waals surface area contributed by atoms with Crippen molar-refractivity contribution in [1.29, 1.82) is 0 Å². The van der Waals surface area contributed by atoms with E-state index in [0.717, 1.165) is 11.1 Å². The molecule has 0 saturated heterocycles. The molecular weight excluding hydrogens is 278 g/mol.